The predicted octanol–water partition coefficient (Wildman–Crippen LogP) is 4.34. The topological polar surface area (TPSA) is 41.1 Å². The van der Waals surface area contributed by atoms with Gasteiger partial charge in [0, 0.05) is 24.3 Å². The molecule has 0 bridgehead atoms. The van der Waals surface area contributed by atoms with Crippen LogP contribution in [0.4, 0.5) is 11.4 Å². The minimum Gasteiger partial charge on any atom is -0.385 e. The van der Waals surface area contributed by atoms with E-state index < -0.39 is 0 Å². The monoisotopic (exact) mass is 274 g/mol. The van der Waals surface area contributed by atoms with Gasteiger partial charge in [0.2, 0.25) is 5.91 Å². The molecule has 3 heteroatoms. The summed E-state index contributed by atoms with van der Waals surface area (Å²) < 4.78 is 0. The first-order valence-electron chi connectivity index (χ1n) is 7.97. The number of amides is 1. The Labute approximate surface area is 122 Å². The van der Waals surface area contributed by atoms with Crippen LogP contribution < -0.4 is 10.6 Å². The maximum Gasteiger partial charge on any atom is 0.224 e. The Morgan fingerprint density at radius 2 is 2.10 bits per heavy atom. The number of rotatable bonds is 7. The van der Waals surface area contributed by atoms with E-state index in [1.165, 1.54) is 30.5 Å². The van der Waals surface area contributed by atoms with Crippen LogP contribution in [0.5, 0.6) is 0 Å². The Bertz CT molecular complexity index is 443. The minimum absolute atomic E-state index is 0.153. The van der Waals surface area contributed by atoms with Gasteiger partial charge in [-0.1, -0.05) is 38.7 Å². The van der Waals surface area contributed by atoms with Crippen molar-refractivity contribution >= 4 is 17.3 Å². The van der Waals surface area contributed by atoms with Crippen molar-refractivity contribution in [3.05, 3.63) is 23.8 Å². The van der Waals surface area contributed by atoms with E-state index in [9.17, 15) is 4.79 Å². The SMILES string of the molecule is CCCCCCCC(=O)Nc1cccc2c1CCCN2. The van der Waals surface area contributed by atoms with Crippen LogP contribution in [0.3, 0.4) is 0 Å². The molecule has 1 heterocycles. The van der Waals surface area contributed by atoms with Crippen molar-refractivity contribution in [2.45, 2.75) is 58.3 Å². The lowest BCUT2D eigenvalue weighted by Crippen LogP contribution is -2.17. The molecule has 0 atom stereocenters. The lowest BCUT2D eigenvalue weighted by Gasteiger charge is -2.21. The second kappa shape index (κ2) is 7.93. The number of unbranched alkanes of at least 4 members (excludes halogenated alkanes) is 4. The van der Waals surface area contributed by atoms with Gasteiger partial charge in [0.1, 0.15) is 0 Å². The van der Waals surface area contributed by atoms with Crippen LogP contribution in [0.1, 0.15) is 57.4 Å². The van der Waals surface area contributed by atoms with Crippen molar-refractivity contribution in [1.29, 1.82) is 0 Å². The maximum absolute atomic E-state index is 12.0. The highest BCUT2D eigenvalue weighted by atomic mass is 16.1. The summed E-state index contributed by atoms with van der Waals surface area (Å²) in [6.45, 7) is 3.24. The van der Waals surface area contributed by atoms with Gasteiger partial charge < -0.3 is 10.6 Å². The first-order valence-corrected chi connectivity index (χ1v) is 7.97. The van der Waals surface area contributed by atoms with Gasteiger partial charge in [-0.05, 0) is 37.0 Å². The minimum atomic E-state index is 0.153. The summed E-state index contributed by atoms with van der Waals surface area (Å²) in [6.07, 6.45) is 8.76. The number of carbonyl (C=O) groups excluding carboxylic acids is 1. The van der Waals surface area contributed by atoms with E-state index in [2.05, 4.69) is 23.6 Å². The molecule has 0 saturated carbocycles. The Kier molecular flexibility index (Phi) is 5.90. The summed E-state index contributed by atoms with van der Waals surface area (Å²) in [5.41, 5.74) is 3.43. The summed E-state index contributed by atoms with van der Waals surface area (Å²) >= 11 is 0. The van der Waals surface area contributed by atoms with Crippen molar-refractivity contribution < 1.29 is 4.79 Å². The third-order valence-corrected chi connectivity index (χ3v) is 3.88. The number of nitrogens with one attached hydrogen (secondary N) is 2. The summed E-state index contributed by atoms with van der Waals surface area (Å²) in [4.78, 5) is 12.0. The highest BCUT2D eigenvalue weighted by Gasteiger charge is 2.13. The fraction of sp³-hybridized carbons (Fsp3) is 0.588. The zero-order chi connectivity index (χ0) is 14.2. The zero-order valence-electron chi connectivity index (χ0n) is 12.5. The van der Waals surface area contributed by atoms with Gasteiger partial charge in [-0.15, -0.1) is 0 Å². The lowest BCUT2D eigenvalue weighted by atomic mass is 10.0. The largest absolute Gasteiger partial charge is 0.385 e. The molecule has 1 amide bonds. The van der Waals surface area contributed by atoms with E-state index in [1.807, 2.05) is 12.1 Å². The molecule has 0 aliphatic carbocycles. The summed E-state index contributed by atoms with van der Waals surface area (Å²) in [7, 11) is 0. The first kappa shape index (κ1) is 14.9. The molecule has 2 N–H and O–H groups in total. The summed E-state index contributed by atoms with van der Waals surface area (Å²) in [5.74, 6) is 0.153. The second-order valence-corrected chi connectivity index (χ2v) is 5.57. The molecule has 1 aromatic carbocycles. The third-order valence-electron chi connectivity index (χ3n) is 3.88. The number of fused-ring (bicyclic) bond motifs is 1. The predicted molar refractivity (Wildman–Crippen MR) is 85.3 cm³/mol. The van der Waals surface area contributed by atoms with Crippen molar-refractivity contribution in [2.75, 3.05) is 17.2 Å². The molecule has 0 saturated heterocycles. The normalized spacial score (nSPS) is 13.4. The second-order valence-electron chi connectivity index (χ2n) is 5.57. The van der Waals surface area contributed by atoms with E-state index in [4.69, 9.17) is 0 Å². The average Bonchev–Trinajstić information content (AvgIpc) is 2.47. The van der Waals surface area contributed by atoms with Gasteiger partial charge in [-0.2, -0.15) is 0 Å². The number of carbonyl (C=O) groups is 1. The molecular formula is C17H26N2O. The molecule has 0 unspecified atom stereocenters. The standard InChI is InChI=1S/C17H26N2O/c1-2-3-4-5-6-12-17(20)19-16-11-7-10-15-14(16)9-8-13-18-15/h7,10-11,18H,2-6,8-9,12-13H2,1H3,(H,19,20). The molecule has 3 nitrogen and oxygen atoms in total. The molecule has 20 heavy (non-hydrogen) atoms. The van der Waals surface area contributed by atoms with Crippen LogP contribution in [0.2, 0.25) is 0 Å². The maximum atomic E-state index is 12.0. The van der Waals surface area contributed by atoms with Crippen LogP contribution >= 0.6 is 0 Å². The fourth-order valence-corrected chi connectivity index (χ4v) is 2.73. The van der Waals surface area contributed by atoms with Gasteiger partial charge in [0.15, 0.2) is 0 Å². The van der Waals surface area contributed by atoms with Crippen LogP contribution in [-0.4, -0.2) is 12.5 Å². The smallest absolute Gasteiger partial charge is 0.224 e. The zero-order valence-corrected chi connectivity index (χ0v) is 12.5. The van der Waals surface area contributed by atoms with E-state index in [0.29, 0.717) is 6.42 Å². The molecule has 110 valence electrons. The van der Waals surface area contributed by atoms with Gasteiger partial charge in [-0.25, -0.2) is 0 Å². The van der Waals surface area contributed by atoms with E-state index >= 15 is 0 Å². The Morgan fingerprint density at radius 3 is 2.95 bits per heavy atom. The number of hydrogen-bond acceptors (Lipinski definition) is 2. The number of anilines is 2. The van der Waals surface area contributed by atoms with Crippen molar-refractivity contribution in [3.63, 3.8) is 0 Å². The average molecular weight is 274 g/mol. The van der Waals surface area contributed by atoms with E-state index in [1.54, 1.807) is 0 Å². The molecule has 0 fully saturated rings. The Balaban J connectivity index is 1.82. The Hall–Kier alpha value is -1.51. The molecule has 1 aliphatic heterocycles. The van der Waals surface area contributed by atoms with Crippen LogP contribution in [0.25, 0.3) is 0 Å². The third kappa shape index (κ3) is 4.26. The van der Waals surface area contributed by atoms with E-state index in [0.717, 1.165) is 37.9 Å². The van der Waals surface area contributed by atoms with Crippen molar-refractivity contribution in [3.8, 4) is 0 Å². The van der Waals surface area contributed by atoms with E-state index in [-0.39, 0.29) is 5.91 Å². The number of benzene rings is 1. The van der Waals surface area contributed by atoms with Gasteiger partial charge in [0.05, 0.1) is 0 Å². The van der Waals surface area contributed by atoms with Crippen LogP contribution in [-0.2, 0) is 11.2 Å². The number of hydrogen-bond donors (Lipinski definition) is 2. The molecular weight excluding hydrogens is 248 g/mol. The van der Waals surface area contributed by atoms with Gasteiger partial charge in [0.25, 0.3) is 0 Å². The molecule has 0 aromatic heterocycles. The molecule has 1 aromatic rings. The first-order chi connectivity index (χ1) is 9.81. The lowest BCUT2D eigenvalue weighted by molar-refractivity contribution is -0.116. The highest BCUT2D eigenvalue weighted by Crippen LogP contribution is 2.29. The summed E-state index contributed by atoms with van der Waals surface area (Å²) in [6, 6.07) is 6.11. The molecule has 2 rings (SSSR count). The van der Waals surface area contributed by atoms with Crippen LogP contribution in [0.15, 0.2) is 18.2 Å². The van der Waals surface area contributed by atoms with Crippen LogP contribution in [0, 0.1) is 0 Å². The van der Waals surface area contributed by atoms with Crippen molar-refractivity contribution in [2.24, 2.45) is 0 Å². The van der Waals surface area contributed by atoms with Gasteiger partial charge in [-0.3, -0.25) is 4.79 Å². The van der Waals surface area contributed by atoms with Crippen molar-refractivity contribution in [1.82, 2.24) is 0 Å². The molecule has 0 spiro atoms. The Morgan fingerprint density at radius 1 is 1.25 bits per heavy atom. The quantitative estimate of drug-likeness (QED) is 0.726. The molecule has 1 aliphatic rings. The van der Waals surface area contributed by atoms with Gasteiger partial charge >= 0.3 is 0 Å². The highest BCUT2D eigenvalue weighted by molar-refractivity contribution is 5.92. The molecule has 0 radical (unpaired) electrons. The fourth-order valence-electron chi connectivity index (χ4n) is 2.73. The summed E-state index contributed by atoms with van der Waals surface area (Å²) in [5, 5.41) is 6.47.